The fourth-order valence-electron chi connectivity index (χ4n) is 1.42. The van der Waals surface area contributed by atoms with Gasteiger partial charge in [0.2, 0.25) is 0 Å². The van der Waals surface area contributed by atoms with Crippen molar-refractivity contribution in [3.8, 4) is 0 Å². The highest BCUT2D eigenvalue weighted by molar-refractivity contribution is 5.90. The molecule has 5 nitrogen and oxygen atoms in total. The molecule has 0 aromatic heterocycles. The number of hydrogen-bond acceptors (Lipinski definition) is 5. The van der Waals surface area contributed by atoms with Crippen molar-refractivity contribution in [2.24, 2.45) is 0 Å². The standard InChI is InChI=1S/C14H20FNO4/c1-14(2,3)20-13(19)9-4-5-11(15)12(6-9)16-7-10(18)8-17/h4-6,10,16-18H,7-8H2,1-3H3. The van der Waals surface area contributed by atoms with Crippen LogP contribution in [0.1, 0.15) is 31.1 Å². The first-order valence-corrected chi connectivity index (χ1v) is 6.28. The Morgan fingerprint density at radius 2 is 2.10 bits per heavy atom. The molecule has 0 bridgehead atoms. The van der Waals surface area contributed by atoms with Gasteiger partial charge in [0, 0.05) is 6.54 Å². The number of benzene rings is 1. The summed E-state index contributed by atoms with van der Waals surface area (Å²) in [4.78, 5) is 11.9. The molecule has 0 amide bonds. The lowest BCUT2D eigenvalue weighted by atomic mass is 10.1. The van der Waals surface area contributed by atoms with E-state index in [0.717, 1.165) is 6.07 Å². The summed E-state index contributed by atoms with van der Waals surface area (Å²) in [6, 6.07) is 3.79. The molecule has 1 unspecified atom stereocenters. The van der Waals surface area contributed by atoms with E-state index < -0.39 is 30.1 Å². The molecular weight excluding hydrogens is 265 g/mol. The molecule has 1 atom stereocenters. The fourth-order valence-corrected chi connectivity index (χ4v) is 1.42. The number of hydrogen-bond donors (Lipinski definition) is 3. The lowest BCUT2D eigenvalue weighted by Crippen LogP contribution is -2.25. The third kappa shape index (κ3) is 5.14. The third-order valence-electron chi connectivity index (χ3n) is 2.34. The molecule has 0 spiro atoms. The molecule has 0 radical (unpaired) electrons. The zero-order valence-electron chi connectivity index (χ0n) is 11.8. The molecule has 1 rings (SSSR count). The van der Waals surface area contributed by atoms with Gasteiger partial charge >= 0.3 is 5.97 Å². The number of aliphatic hydroxyl groups excluding tert-OH is 2. The van der Waals surface area contributed by atoms with E-state index in [0.29, 0.717) is 0 Å². The van der Waals surface area contributed by atoms with Gasteiger partial charge in [-0.3, -0.25) is 0 Å². The Morgan fingerprint density at radius 3 is 2.65 bits per heavy atom. The second-order valence-corrected chi connectivity index (χ2v) is 5.41. The number of carbonyl (C=O) groups excluding carboxylic acids is 1. The molecule has 112 valence electrons. The van der Waals surface area contributed by atoms with Crippen LogP contribution < -0.4 is 5.32 Å². The van der Waals surface area contributed by atoms with Gasteiger partial charge in [0.1, 0.15) is 11.4 Å². The molecule has 0 aliphatic rings. The number of halogens is 1. The monoisotopic (exact) mass is 285 g/mol. The second kappa shape index (κ2) is 6.67. The quantitative estimate of drug-likeness (QED) is 0.715. The van der Waals surface area contributed by atoms with Gasteiger partial charge in [-0.15, -0.1) is 0 Å². The highest BCUT2D eigenvalue weighted by Gasteiger charge is 2.19. The maximum Gasteiger partial charge on any atom is 0.338 e. The Morgan fingerprint density at radius 1 is 1.45 bits per heavy atom. The van der Waals surface area contributed by atoms with Crippen LogP contribution in [0, 0.1) is 5.82 Å². The van der Waals surface area contributed by atoms with Crippen LogP contribution in [-0.2, 0) is 4.74 Å². The molecule has 0 fully saturated rings. The molecule has 0 saturated heterocycles. The lowest BCUT2D eigenvalue weighted by Gasteiger charge is -2.20. The van der Waals surface area contributed by atoms with E-state index in [9.17, 15) is 14.3 Å². The summed E-state index contributed by atoms with van der Waals surface area (Å²) in [5.41, 5.74) is -0.352. The maximum atomic E-state index is 13.6. The SMILES string of the molecule is CC(C)(C)OC(=O)c1ccc(F)c(NCC(O)CO)c1. The van der Waals surface area contributed by atoms with Crippen molar-refractivity contribution in [1.82, 2.24) is 0 Å². The summed E-state index contributed by atoms with van der Waals surface area (Å²) in [6.45, 7) is 4.77. The number of esters is 1. The van der Waals surface area contributed by atoms with Crippen LogP contribution in [0.5, 0.6) is 0 Å². The van der Waals surface area contributed by atoms with Crippen molar-refractivity contribution < 1.29 is 24.1 Å². The summed E-state index contributed by atoms with van der Waals surface area (Å²) in [7, 11) is 0. The summed E-state index contributed by atoms with van der Waals surface area (Å²) in [5, 5.41) is 20.5. The minimum atomic E-state index is -1.00. The summed E-state index contributed by atoms with van der Waals surface area (Å²) in [6.07, 6.45) is -1.00. The van der Waals surface area contributed by atoms with E-state index in [4.69, 9.17) is 9.84 Å². The molecule has 1 aromatic carbocycles. The number of ether oxygens (including phenoxy) is 1. The van der Waals surface area contributed by atoms with Crippen molar-refractivity contribution in [2.75, 3.05) is 18.5 Å². The van der Waals surface area contributed by atoms with Gasteiger partial charge in [0.05, 0.1) is 24.0 Å². The van der Waals surface area contributed by atoms with Crippen LogP contribution in [0.25, 0.3) is 0 Å². The molecule has 6 heteroatoms. The van der Waals surface area contributed by atoms with Crippen LogP contribution in [0.2, 0.25) is 0 Å². The number of rotatable bonds is 5. The van der Waals surface area contributed by atoms with Crippen LogP contribution in [-0.4, -0.2) is 41.0 Å². The topological polar surface area (TPSA) is 78.8 Å². The number of aliphatic hydroxyl groups is 2. The van der Waals surface area contributed by atoms with Gasteiger partial charge in [-0.2, -0.15) is 0 Å². The summed E-state index contributed by atoms with van der Waals surface area (Å²) < 4.78 is 18.8. The Labute approximate surface area is 117 Å². The smallest absolute Gasteiger partial charge is 0.338 e. The first kappa shape index (κ1) is 16.4. The average molecular weight is 285 g/mol. The Bertz CT molecular complexity index is 471. The summed E-state index contributed by atoms with van der Waals surface area (Å²) in [5.74, 6) is -1.11. The van der Waals surface area contributed by atoms with Crippen molar-refractivity contribution in [3.63, 3.8) is 0 Å². The van der Waals surface area contributed by atoms with Gasteiger partial charge < -0.3 is 20.3 Å². The van der Waals surface area contributed by atoms with Crippen LogP contribution in [0.4, 0.5) is 10.1 Å². The van der Waals surface area contributed by atoms with Crippen LogP contribution >= 0.6 is 0 Å². The molecule has 0 aliphatic heterocycles. The minimum absolute atomic E-state index is 0.0226. The van der Waals surface area contributed by atoms with E-state index in [-0.39, 0.29) is 17.8 Å². The minimum Gasteiger partial charge on any atom is -0.456 e. The van der Waals surface area contributed by atoms with E-state index in [1.165, 1.54) is 12.1 Å². The van der Waals surface area contributed by atoms with Crippen molar-refractivity contribution >= 4 is 11.7 Å². The van der Waals surface area contributed by atoms with E-state index in [2.05, 4.69) is 5.32 Å². The highest BCUT2D eigenvalue weighted by atomic mass is 19.1. The Hall–Kier alpha value is -1.66. The first-order chi connectivity index (χ1) is 9.23. The molecule has 1 aromatic rings. The molecule has 0 aliphatic carbocycles. The molecule has 20 heavy (non-hydrogen) atoms. The summed E-state index contributed by atoms with van der Waals surface area (Å²) >= 11 is 0. The first-order valence-electron chi connectivity index (χ1n) is 6.28. The zero-order valence-corrected chi connectivity index (χ0v) is 11.8. The van der Waals surface area contributed by atoms with E-state index >= 15 is 0 Å². The van der Waals surface area contributed by atoms with Crippen LogP contribution in [0.3, 0.4) is 0 Å². The van der Waals surface area contributed by atoms with E-state index in [1.807, 2.05) is 0 Å². The van der Waals surface area contributed by atoms with Gasteiger partial charge in [-0.1, -0.05) is 0 Å². The Kier molecular flexibility index (Phi) is 5.47. The molecule has 3 N–H and O–H groups in total. The van der Waals surface area contributed by atoms with Gasteiger partial charge in [0.15, 0.2) is 0 Å². The largest absolute Gasteiger partial charge is 0.456 e. The highest BCUT2D eigenvalue weighted by Crippen LogP contribution is 2.19. The number of carbonyl (C=O) groups is 1. The van der Waals surface area contributed by atoms with Crippen molar-refractivity contribution in [2.45, 2.75) is 32.5 Å². The van der Waals surface area contributed by atoms with Crippen molar-refractivity contribution in [1.29, 1.82) is 0 Å². The normalized spacial score (nSPS) is 12.9. The Balaban J connectivity index is 2.83. The predicted octanol–water partition coefficient (Wildman–Crippen LogP) is 1.55. The fraction of sp³-hybridized carbons (Fsp3) is 0.500. The van der Waals surface area contributed by atoms with Gasteiger partial charge in [-0.25, -0.2) is 9.18 Å². The molecular formula is C14H20FNO4. The number of nitrogens with one attached hydrogen (secondary N) is 1. The number of anilines is 1. The van der Waals surface area contributed by atoms with E-state index in [1.54, 1.807) is 20.8 Å². The second-order valence-electron chi connectivity index (χ2n) is 5.41. The zero-order chi connectivity index (χ0) is 15.3. The van der Waals surface area contributed by atoms with Gasteiger partial charge in [0.25, 0.3) is 0 Å². The van der Waals surface area contributed by atoms with Gasteiger partial charge in [-0.05, 0) is 39.0 Å². The average Bonchev–Trinajstić information content (AvgIpc) is 2.35. The maximum absolute atomic E-state index is 13.6. The van der Waals surface area contributed by atoms with Crippen molar-refractivity contribution in [3.05, 3.63) is 29.6 Å². The van der Waals surface area contributed by atoms with Crippen LogP contribution in [0.15, 0.2) is 18.2 Å². The lowest BCUT2D eigenvalue weighted by molar-refractivity contribution is 0.00695. The predicted molar refractivity (Wildman–Crippen MR) is 73.2 cm³/mol. The molecule has 0 saturated carbocycles. The third-order valence-corrected chi connectivity index (χ3v) is 2.34. The molecule has 0 heterocycles.